The third kappa shape index (κ3) is 1.31. The summed E-state index contributed by atoms with van der Waals surface area (Å²) < 4.78 is 0. The van der Waals surface area contributed by atoms with E-state index in [1.165, 1.54) is 10.6 Å². The quantitative estimate of drug-likeness (QED) is 0.767. The van der Waals surface area contributed by atoms with E-state index in [0.29, 0.717) is 6.41 Å². The van der Waals surface area contributed by atoms with Crippen molar-refractivity contribution < 1.29 is 4.79 Å². The second-order valence-corrected chi connectivity index (χ2v) is 4.37. The molecule has 0 saturated heterocycles. The molecule has 2 aliphatic rings. The lowest BCUT2D eigenvalue weighted by Crippen LogP contribution is -2.20. The lowest BCUT2D eigenvalue weighted by molar-refractivity contribution is -0.105. The first-order valence-electron chi connectivity index (χ1n) is 4.72. The minimum Gasteiger partial charge on any atom is -0.329 e. The molecule has 1 aromatic carbocycles. The van der Waals surface area contributed by atoms with E-state index in [1.807, 2.05) is 18.2 Å². The van der Waals surface area contributed by atoms with Gasteiger partial charge in [0.15, 0.2) is 5.17 Å². The van der Waals surface area contributed by atoms with Crippen LogP contribution >= 0.6 is 11.8 Å². The normalized spacial score (nSPS) is 17.1. The number of amides is 1. The lowest BCUT2D eigenvalue weighted by atomic mass is 10.2. The molecule has 2 aliphatic heterocycles. The van der Waals surface area contributed by atoms with Crippen molar-refractivity contribution in [3.8, 4) is 0 Å². The molecule has 0 unspecified atom stereocenters. The molecule has 4 nitrogen and oxygen atoms in total. The highest BCUT2D eigenvalue weighted by Crippen LogP contribution is 2.42. The summed E-state index contributed by atoms with van der Waals surface area (Å²) in [5, 5.41) is 3.73. The van der Waals surface area contributed by atoms with Crippen LogP contribution < -0.4 is 10.2 Å². The molecule has 76 valence electrons. The summed E-state index contributed by atoms with van der Waals surface area (Å²) in [7, 11) is 0. The van der Waals surface area contributed by atoms with Crippen LogP contribution in [0.5, 0.6) is 0 Å². The Morgan fingerprint density at radius 3 is 3.33 bits per heavy atom. The summed E-state index contributed by atoms with van der Waals surface area (Å²) in [6.07, 6.45) is 0.694. The molecule has 5 heteroatoms. The zero-order valence-electron chi connectivity index (χ0n) is 7.93. The van der Waals surface area contributed by atoms with Crippen molar-refractivity contribution in [3.63, 3.8) is 0 Å². The summed E-state index contributed by atoms with van der Waals surface area (Å²) in [6.45, 7) is 1.85. The molecule has 1 amide bonds. The van der Waals surface area contributed by atoms with E-state index in [9.17, 15) is 4.79 Å². The van der Waals surface area contributed by atoms with Crippen molar-refractivity contribution in [2.45, 2.75) is 4.90 Å². The Labute approximate surface area is 91.4 Å². The number of fused-ring (bicyclic) bond motifs is 3. The van der Waals surface area contributed by atoms with Gasteiger partial charge in [-0.1, -0.05) is 0 Å². The maximum atomic E-state index is 10.3. The molecule has 0 fully saturated rings. The SMILES string of the molecule is O=CNc1ccc2c(c1)SC1=NCCN12. The van der Waals surface area contributed by atoms with Crippen molar-refractivity contribution >= 4 is 34.7 Å². The first-order valence-corrected chi connectivity index (χ1v) is 5.54. The summed E-state index contributed by atoms with van der Waals surface area (Å²) in [6, 6.07) is 5.92. The van der Waals surface area contributed by atoms with Gasteiger partial charge in [0.2, 0.25) is 6.41 Å². The Morgan fingerprint density at radius 2 is 2.47 bits per heavy atom. The predicted octanol–water partition coefficient (Wildman–Crippen LogP) is 1.54. The van der Waals surface area contributed by atoms with E-state index < -0.39 is 0 Å². The number of amidine groups is 1. The van der Waals surface area contributed by atoms with Crippen molar-refractivity contribution in [2.75, 3.05) is 23.3 Å². The Kier molecular flexibility index (Phi) is 1.92. The van der Waals surface area contributed by atoms with Gasteiger partial charge < -0.3 is 10.2 Å². The van der Waals surface area contributed by atoms with E-state index in [0.717, 1.165) is 23.9 Å². The highest BCUT2D eigenvalue weighted by atomic mass is 32.2. The van der Waals surface area contributed by atoms with E-state index in [2.05, 4.69) is 15.2 Å². The molecule has 0 saturated carbocycles. The predicted molar refractivity (Wildman–Crippen MR) is 61.6 cm³/mol. The van der Waals surface area contributed by atoms with Gasteiger partial charge in [0, 0.05) is 17.1 Å². The van der Waals surface area contributed by atoms with Crippen LogP contribution in [0.3, 0.4) is 0 Å². The number of nitrogens with one attached hydrogen (secondary N) is 1. The maximum absolute atomic E-state index is 10.3. The van der Waals surface area contributed by atoms with Crippen LogP contribution in [0.1, 0.15) is 0 Å². The second kappa shape index (κ2) is 3.27. The topological polar surface area (TPSA) is 44.7 Å². The molecule has 3 rings (SSSR count). The fraction of sp³-hybridized carbons (Fsp3) is 0.200. The molecule has 0 spiro atoms. The molecule has 2 heterocycles. The number of hydrogen-bond acceptors (Lipinski definition) is 4. The molecule has 0 radical (unpaired) electrons. The van der Waals surface area contributed by atoms with Gasteiger partial charge in [-0.2, -0.15) is 0 Å². The maximum Gasteiger partial charge on any atom is 0.211 e. The van der Waals surface area contributed by atoms with Crippen LogP contribution in [0.15, 0.2) is 28.1 Å². The average Bonchev–Trinajstić information content (AvgIpc) is 2.77. The fourth-order valence-electron chi connectivity index (χ4n) is 1.81. The molecule has 0 aliphatic carbocycles. The number of hydrogen-bond donors (Lipinski definition) is 1. The minimum absolute atomic E-state index is 0.694. The van der Waals surface area contributed by atoms with E-state index in [4.69, 9.17) is 0 Å². The van der Waals surface area contributed by atoms with Gasteiger partial charge in [0.25, 0.3) is 0 Å². The fourth-order valence-corrected chi connectivity index (χ4v) is 2.93. The van der Waals surface area contributed by atoms with Gasteiger partial charge in [0.05, 0.1) is 12.2 Å². The molecular formula is C10H9N3OS. The summed E-state index contributed by atoms with van der Waals surface area (Å²) in [4.78, 5) is 18.1. The Balaban J connectivity index is 2.00. The number of benzene rings is 1. The van der Waals surface area contributed by atoms with Gasteiger partial charge >= 0.3 is 0 Å². The van der Waals surface area contributed by atoms with Crippen molar-refractivity contribution in [3.05, 3.63) is 18.2 Å². The van der Waals surface area contributed by atoms with Crippen LogP contribution in [0, 0.1) is 0 Å². The zero-order valence-corrected chi connectivity index (χ0v) is 8.75. The van der Waals surface area contributed by atoms with Gasteiger partial charge in [-0.3, -0.25) is 9.79 Å². The molecule has 15 heavy (non-hydrogen) atoms. The van der Waals surface area contributed by atoms with Gasteiger partial charge in [0.1, 0.15) is 0 Å². The first kappa shape index (κ1) is 8.79. The number of aliphatic imine (C=N–C) groups is 1. The van der Waals surface area contributed by atoms with Crippen LogP contribution in [-0.4, -0.2) is 24.7 Å². The summed E-state index contributed by atoms with van der Waals surface area (Å²) in [5.41, 5.74) is 2.03. The minimum atomic E-state index is 0.694. The number of nitrogens with zero attached hydrogens (tertiary/aromatic N) is 2. The average molecular weight is 219 g/mol. The largest absolute Gasteiger partial charge is 0.329 e. The Hall–Kier alpha value is -1.49. The number of carbonyl (C=O) groups is 1. The second-order valence-electron chi connectivity index (χ2n) is 3.36. The first-order chi connectivity index (χ1) is 7.38. The highest BCUT2D eigenvalue weighted by Gasteiger charge is 2.29. The molecular weight excluding hydrogens is 210 g/mol. The molecule has 0 bridgehead atoms. The molecule has 1 N–H and O–H groups in total. The highest BCUT2D eigenvalue weighted by molar-refractivity contribution is 8.14. The van der Waals surface area contributed by atoms with Gasteiger partial charge in [-0.05, 0) is 30.0 Å². The standard InChI is InChI=1S/C10H9N3OS/c14-6-12-7-1-2-8-9(5-7)15-10-11-3-4-13(8)10/h1-2,5-6H,3-4H2,(H,12,14). The lowest BCUT2D eigenvalue weighted by Gasteiger charge is -2.12. The number of carbonyl (C=O) groups excluding carboxylic acids is 1. The number of thioether (sulfide) groups is 1. The third-order valence-electron chi connectivity index (χ3n) is 2.48. The van der Waals surface area contributed by atoms with Crippen molar-refractivity contribution in [1.29, 1.82) is 0 Å². The van der Waals surface area contributed by atoms with Crippen LogP contribution in [0.4, 0.5) is 11.4 Å². The monoisotopic (exact) mass is 219 g/mol. The molecule has 1 aromatic rings. The van der Waals surface area contributed by atoms with Crippen LogP contribution in [-0.2, 0) is 4.79 Å². The van der Waals surface area contributed by atoms with Crippen molar-refractivity contribution in [1.82, 2.24) is 0 Å². The molecule has 0 aromatic heterocycles. The zero-order chi connectivity index (χ0) is 10.3. The third-order valence-corrected chi connectivity index (χ3v) is 3.56. The Bertz CT molecular complexity index is 458. The van der Waals surface area contributed by atoms with Crippen LogP contribution in [0.2, 0.25) is 0 Å². The summed E-state index contributed by atoms with van der Waals surface area (Å²) in [5.74, 6) is 0. The van der Waals surface area contributed by atoms with Crippen LogP contribution in [0.25, 0.3) is 0 Å². The van der Waals surface area contributed by atoms with Crippen molar-refractivity contribution in [2.24, 2.45) is 4.99 Å². The van der Waals surface area contributed by atoms with Gasteiger partial charge in [-0.25, -0.2) is 0 Å². The summed E-state index contributed by atoms with van der Waals surface area (Å²) >= 11 is 1.67. The number of rotatable bonds is 2. The Morgan fingerprint density at radius 1 is 1.53 bits per heavy atom. The van der Waals surface area contributed by atoms with E-state index in [-0.39, 0.29) is 0 Å². The smallest absolute Gasteiger partial charge is 0.211 e. The van der Waals surface area contributed by atoms with E-state index in [1.54, 1.807) is 11.8 Å². The molecule has 0 atom stereocenters. The van der Waals surface area contributed by atoms with Gasteiger partial charge in [-0.15, -0.1) is 0 Å². The number of anilines is 2. The van der Waals surface area contributed by atoms with E-state index >= 15 is 0 Å².